The highest BCUT2D eigenvalue weighted by Gasteiger charge is 2.14. The molecule has 0 fully saturated rings. The molecule has 0 spiro atoms. The molecule has 3 heterocycles. The molecule has 130 valence electrons. The minimum absolute atomic E-state index is 0.232. The summed E-state index contributed by atoms with van der Waals surface area (Å²) in [4.78, 5) is 16.9. The first kappa shape index (κ1) is 16.3. The van der Waals surface area contributed by atoms with Crippen molar-refractivity contribution in [3.05, 3.63) is 53.8 Å². The third-order valence-electron chi connectivity index (χ3n) is 3.99. The molecule has 0 atom stereocenters. The van der Waals surface area contributed by atoms with Crippen LogP contribution in [0, 0.1) is 12.1 Å². The fourth-order valence-electron chi connectivity index (χ4n) is 2.59. The Kier molecular flexibility index (Phi) is 3.55. The normalized spacial score (nSPS) is 11.9. The lowest BCUT2D eigenvalue weighted by atomic mass is 10.1. The monoisotopic (exact) mass is 367 g/mol. The van der Waals surface area contributed by atoms with Gasteiger partial charge in [0.1, 0.15) is 0 Å². The van der Waals surface area contributed by atoms with Gasteiger partial charge in [0.2, 0.25) is 15.0 Å². The number of benzene rings is 1. The van der Waals surface area contributed by atoms with Crippen LogP contribution in [0.5, 0.6) is 0 Å². The summed E-state index contributed by atoms with van der Waals surface area (Å²) in [6.45, 7) is 1.71. The first-order valence-corrected chi connectivity index (χ1v) is 9.55. The lowest BCUT2D eigenvalue weighted by Crippen LogP contribution is -2.29. The number of nitrogens with zero attached hydrogens (tertiary/aromatic N) is 5. The van der Waals surface area contributed by atoms with Crippen LogP contribution in [0.1, 0.15) is 5.69 Å². The lowest BCUT2D eigenvalue weighted by molar-refractivity contribution is -0.611. The van der Waals surface area contributed by atoms with Gasteiger partial charge in [-0.15, -0.1) is 0 Å². The summed E-state index contributed by atoms with van der Waals surface area (Å²) >= 11 is 0. The molecule has 0 aliphatic carbocycles. The van der Waals surface area contributed by atoms with Crippen molar-refractivity contribution in [3.63, 3.8) is 0 Å². The maximum Gasteiger partial charge on any atom is 0.247 e. The summed E-state index contributed by atoms with van der Waals surface area (Å²) in [5, 5.41) is 12.9. The summed E-state index contributed by atoms with van der Waals surface area (Å²) < 4.78 is 24.1. The molecule has 8 nitrogen and oxygen atoms in total. The Morgan fingerprint density at radius 1 is 1.04 bits per heavy atom. The zero-order chi connectivity index (χ0) is 18.5. The molecule has 1 aromatic carbocycles. The molecular formula is C17H13N5O3S. The van der Waals surface area contributed by atoms with Crippen LogP contribution >= 0.6 is 0 Å². The molecule has 0 aliphatic rings. The maximum atomic E-state index is 11.8. The molecule has 4 rings (SSSR count). The summed E-state index contributed by atoms with van der Waals surface area (Å²) in [5.41, 5.74) is 2.21. The van der Waals surface area contributed by atoms with Crippen molar-refractivity contribution in [3.8, 4) is 11.4 Å². The molecule has 26 heavy (non-hydrogen) atoms. The van der Waals surface area contributed by atoms with Gasteiger partial charge in [0.25, 0.3) is 0 Å². The zero-order valence-corrected chi connectivity index (χ0v) is 14.7. The Balaban J connectivity index is 1.96. The number of aryl methyl sites for hydroxylation is 1. The highest BCUT2D eigenvalue weighted by atomic mass is 32.2. The van der Waals surface area contributed by atoms with Gasteiger partial charge in [-0.2, -0.15) is 4.73 Å². The number of hydrogen-bond donors (Lipinski definition) is 0. The van der Waals surface area contributed by atoms with Crippen LogP contribution in [0.15, 0.2) is 48.0 Å². The minimum Gasteiger partial charge on any atom is -0.618 e. The Morgan fingerprint density at radius 2 is 1.85 bits per heavy atom. The van der Waals surface area contributed by atoms with Gasteiger partial charge in [0, 0.05) is 42.4 Å². The van der Waals surface area contributed by atoms with Crippen molar-refractivity contribution >= 4 is 31.6 Å². The van der Waals surface area contributed by atoms with E-state index in [4.69, 9.17) is 0 Å². The molecule has 0 bridgehead atoms. The van der Waals surface area contributed by atoms with Gasteiger partial charge in [-0.1, -0.05) is 0 Å². The Bertz CT molecular complexity index is 1290. The molecule has 0 aliphatic heterocycles. The van der Waals surface area contributed by atoms with E-state index in [1.807, 2.05) is 0 Å². The van der Waals surface area contributed by atoms with E-state index in [2.05, 4.69) is 19.9 Å². The zero-order valence-electron chi connectivity index (χ0n) is 13.9. The second-order valence-electron chi connectivity index (χ2n) is 5.94. The third kappa shape index (κ3) is 2.72. The van der Waals surface area contributed by atoms with Crippen LogP contribution in [-0.2, 0) is 9.84 Å². The fourth-order valence-corrected chi connectivity index (χ4v) is 3.10. The van der Waals surface area contributed by atoms with Gasteiger partial charge in [0.05, 0.1) is 16.6 Å². The van der Waals surface area contributed by atoms with Gasteiger partial charge >= 0.3 is 0 Å². The van der Waals surface area contributed by atoms with E-state index in [0.29, 0.717) is 33.5 Å². The van der Waals surface area contributed by atoms with Crippen molar-refractivity contribution in [2.45, 2.75) is 12.1 Å². The van der Waals surface area contributed by atoms with E-state index >= 15 is 0 Å². The van der Waals surface area contributed by atoms with Crippen LogP contribution in [0.3, 0.4) is 0 Å². The first-order chi connectivity index (χ1) is 12.3. The average Bonchev–Trinajstić information content (AvgIpc) is 2.62. The Labute approximate surface area is 148 Å². The van der Waals surface area contributed by atoms with Crippen LogP contribution in [-0.4, -0.2) is 34.6 Å². The molecule has 9 heteroatoms. The van der Waals surface area contributed by atoms with E-state index in [1.54, 1.807) is 37.4 Å². The van der Waals surface area contributed by atoms with E-state index in [0.717, 1.165) is 16.4 Å². The molecule has 0 N–H and O–H groups in total. The van der Waals surface area contributed by atoms with E-state index in [-0.39, 0.29) is 5.16 Å². The number of sulfone groups is 1. The first-order valence-electron chi connectivity index (χ1n) is 7.66. The van der Waals surface area contributed by atoms with Crippen molar-refractivity contribution in [1.29, 1.82) is 0 Å². The second kappa shape index (κ2) is 5.67. The largest absolute Gasteiger partial charge is 0.618 e. The number of aromatic nitrogens is 5. The van der Waals surface area contributed by atoms with Crippen molar-refractivity contribution in [2.75, 3.05) is 6.26 Å². The van der Waals surface area contributed by atoms with Crippen molar-refractivity contribution < 1.29 is 13.1 Å². The topological polar surface area (TPSA) is 113 Å². The Morgan fingerprint density at radius 3 is 2.58 bits per heavy atom. The predicted molar refractivity (Wildman–Crippen MR) is 94.9 cm³/mol. The summed E-state index contributed by atoms with van der Waals surface area (Å²) in [5.74, 6) is 0.391. The summed E-state index contributed by atoms with van der Waals surface area (Å²) in [7, 11) is -3.50. The highest BCUT2D eigenvalue weighted by Crippen LogP contribution is 2.24. The Hall–Kier alpha value is -3.20. The van der Waals surface area contributed by atoms with Gasteiger partial charge in [-0.3, -0.25) is 0 Å². The van der Waals surface area contributed by atoms with Crippen LogP contribution < -0.4 is 4.73 Å². The fraction of sp³-hybridized carbons (Fsp3) is 0.118. The molecule has 4 aromatic rings. The van der Waals surface area contributed by atoms with Crippen LogP contribution in [0.4, 0.5) is 0 Å². The van der Waals surface area contributed by atoms with E-state index < -0.39 is 9.84 Å². The molecule has 0 radical (unpaired) electrons. The SMILES string of the molecule is Cc1ccc(-c2ncc3ccc4nc(S(C)(=O)=O)ncc4c3n2)c[n+]1[O-]. The lowest BCUT2D eigenvalue weighted by Gasteiger charge is -2.06. The summed E-state index contributed by atoms with van der Waals surface area (Å²) in [6.07, 6.45) is 5.57. The van der Waals surface area contributed by atoms with Crippen LogP contribution in [0.2, 0.25) is 0 Å². The highest BCUT2D eigenvalue weighted by molar-refractivity contribution is 7.90. The van der Waals surface area contributed by atoms with Gasteiger partial charge in [-0.25, -0.2) is 28.4 Å². The van der Waals surface area contributed by atoms with Crippen molar-refractivity contribution in [2.24, 2.45) is 0 Å². The van der Waals surface area contributed by atoms with Gasteiger partial charge < -0.3 is 5.21 Å². The quantitative estimate of drug-likeness (QED) is 0.229. The molecule has 0 unspecified atom stereocenters. The van der Waals surface area contributed by atoms with Crippen molar-refractivity contribution in [1.82, 2.24) is 19.9 Å². The third-order valence-corrected chi connectivity index (χ3v) is 4.85. The number of rotatable bonds is 2. The van der Waals surface area contributed by atoms with Gasteiger partial charge in [-0.05, 0) is 18.2 Å². The molecule has 0 amide bonds. The molecule has 3 aromatic heterocycles. The van der Waals surface area contributed by atoms with E-state index in [9.17, 15) is 13.6 Å². The average molecular weight is 367 g/mol. The second-order valence-corrected chi connectivity index (χ2v) is 7.85. The number of hydrogen-bond acceptors (Lipinski definition) is 7. The number of fused-ring (bicyclic) bond motifs is 3. The predicted octanol–water partition coefficient (Wildman–Crippen LogP) is 1.59. The minimum atomic E-state index is -3.50. The summed E-state index contributed by atoms with van der Waals surface area (Å²) in [6, 6.07) is 6.94. The standard InChI is InChI=1S/C17H13N5O3S/c1-10-3-4-12(9-22(10)23)16-18-7-11-5-6-14-13(15(11)21-16)8-19-17(20-14)26(2,24)25/h3-9H,1-2H3. The molecule has 0 saturated heterocycles. The number of pyridine rings is 1. The smallest absolute Gasteiger partial charge is 0.247 e. The van der Waals surface area contributed by atoms with E-state index in [1.165, 1.54) is 12.4 Å². The van der Waals surface area contributed by atoms with Gasteiger partial charge in [0.15, 0.2) is 17.7 Å². The molecule has 0 saturated carbocycles. The maximum absolute atomic E-state index is 11.8. The van der Waals surface area contributed by atoms with Crippen LogP contribution in [0.25, 0.3) is 33.2 Å². The molecular weight excluding hydrogens is 354 g/mol.